The number of benzene rings is 3. The Hall–Kier alpha value is -4.26. The second kappa shape index (κ2) is 11.4. The predicted octanol–water partition coefficient (Wildman–Crippen LogP) is 6.28. The van der Waals surface area contributed by atoms with Gasteiger partial charge in [0, 0.05) is 12.2 Å². The molecule has 198 valence electrons. The summed E-state index contributed by atoms with van der Waals surface area (Å²) in [5, 5.41) is 5.94. The molecule has 4 rings (SSSR count). The normalized spacial score (nSPS) is 12.8. The largest absolute Gasteiger partial charge is 0.494 e. The van der Waals surface area contributed by atoms with Gasteiger partial charge in [-0.2, -0.15) is 0 Å². The summed E-state index contributed by atoms with van der Waals surface area (Å²) < 4.78 is 11.5. The van der Waals surface area contributed by atoms with E-state index >= 15 is 0 Å². The first-order chi connectivity index (χ1) is 18.1. The molecule has 0 fully saturated rings. The number of nitrogens with zero attached hydrogens (tertiary/aromatic N) is 1. The quantitative estimate of drug-likeness (QED) is 0.330. The van der Waals surface area contributed by atoms with Gasteiger partial charge in [-0.15, -0.1) is 0 Å². The lowest BCUT2D eigenvalue weighted by Crippen LogP contribution is -2.43. The molecule has 0 saturated heterocycles. The van der Waals surface area contributed by atoms with E-state index in [0.29, 0.717) is 36.7 Å². The molecule has 0 unspecified atom stereocenters. The summed E-state index contributed by atoms with van der Waals surface area (Å²) in [6.45, 7) is 12.8. The maximum atomic E-state index is 12.9. The predicted molar refractivity (Wildman–Crippen MR) is 152 cm³/mol. The topological polar surface area (TPSA) is 79.9 Å². The van der Waals surface area contributed by atoms with Crippen molar-refractivity contribution in [1.29, 1.82) is 0 Å². The zero-order valence-corrected chi connectivity index (χ0v) is 22.5. The van der Waals surface area contributed by atoms with Crippen molar-refractivity contribution in [3.05, 3.63) is 90.0 Å². The van der Waals surface area contributed by atoms with Crippen LogP contribution in [0.2, 0.25) is 0 Å². The van der Waals surface area contributed by atoms with Crippen LogP contribution < -0.4 is 25.0 Å². The summed E-state index contributed by atoms with van der Waals surface area (Å²) in [7, 11) is 0. The van der Waals surface area contributed by atoms with Gasteiger partial charge in [0.15, 0.2) is 6.61 Å². The van der Waals surface area contributed by atoms with E-state index in [2.05, 4.69) is 17.2 Å². The van der Waals surface area contributed by atoms with Gasteiger partial charge in [0.25, 0.3) is 5.91 Å². The van der Waals surface area contributed by atoms with Gasteiger partial charge < -0.3 is 25.0 Å². The fourth-order valence-corrected chi connectivity index (χ4v) is 4.33. The molecule has 0 aromatic heterocycles. The van der Waals surface area contributed by atoms with Crippen LogP contribution >= 0.6 is 0 Å². The smallest absolute Gasteiger partial charge is 0.319 e. The Morgan fingerprint density at radius 3 is 2.66 bits per heavy atom. The second-order valence-corrected chi connectivity index (χ2v) is 10.1. The van der Waals surface area contributed by atoms with E-state index in [0.717, 1.165) is 28.0 Å². The van der Waals surface area contributed by atoms with Gasteiger partial charge in [-0.3, -0.25) is 4.79 Å². The molecule has 3 aromatic rings. The Morgan fingerprint density at radius 2 is 1.89 bits per heavy atom. The van der Waals surface area contributed by atoms with E-state index < -0.39 is 5.54 Å². The zero-order chi connectivity index (χ0) is 27.3. The lowest BCUT2D eigenvalue weighted by Gasteiger charge is -2.30. The minimum absolute atomic E-state index is 0.0174. The van der Waals surface area contributed by atoms with Crippen molar-refractivity contribution in [2.45, 2.75) is 39.7 Å². The molecule has 0 aliphatic carbocycles. The zero-order valence-electron chi connectivity index (χ0n) is 22.5. The van der Waals surface area contributed by atoms with Crippen LogP contribution in [-0.2, 0) is 10.3 Å². The number of carbonyl (C=O) groups is 2. The van der Waals surface area contributed by atoms with Gasteiger partial charge in [0.1, 0.15) is 11.5 Å². The molecule has 7 heteroatoms. The van der Waals surface area contributed by atoms with E-state index in [1.54, 1.807) is 23.1 Å². The second-order valence-electron chi connectivity index (χ2n) is 10.1. The average molecular weight is 514 g/mol. The number of rotatable bonds is 9. The van der Waals surface area contributed by atoms with Crippen molar-refractivity contribution in [2.24, 2.45) is 0 Å². The summed E-state index contributed by atoms with van der Waals surface area (Å²) in [5.74, 6) is 1.28. The fourth-order valence-electron chi connectivity index (χ4n) is 4.33. The molecule has 0 saturated carbocycles. The molecule has 1 aliphatic rings. The van der Waals surface area contributed by atoms with Gasteiger partial charge in [0.05, 0.1) is 17.8 Å². The highest BCUT2D eigenvalue weighted by Crippen LogP contribution is 2.35. The maximum Gasteiger partial charge on any atom is 0.319 e. The monoisotopic (exact) mass is 513 g/mol. The molecule has 1 heterocycles. The molecule has 1 aliphatic heterocycles. The van der Waals surface area contributed by atoms with Crippen LogP contribution in [0.3, 0.4) is 0 Å². The fraction of sp³-hybridized carbons (Fsp3) is 0.290. The van der Waals surface area contributed by atoms with Gasteiger partial charge in [-0.05, 0) is 87.2 Å². The highest BCUT2D eigenvalue weighted by Gasteiger charge is 2.27. The van der Waals surface area contributed by atoms with Crippen LogP contribution in [0.5, 0.6) is 11.5 Å². The number of fused-ring (bicyclic) bond motifs is 1. The number of nitrogens with one attached hydrogen (secondary N) is 2. The Bertz CT molecular complexity index is 1350. The molecule has 0 radical (unpaired) electrons. The SMILES string of the molecule is C=C(C)c1cccc(C(C)(C)NC(=O)Nc2ccc3c(c2)N(CCCOc2cccc(C)c2)C(=O)CO3)c1. The first-order valence-electron chi connectivity index (χ1n) is 12.7. The number of anilines is 2. The number of aryl methyl sites for hydroxylation is 1. The van der Waals surface area contributed by atoms with E-state index in [-0.39, 0.29) is 18.5 Å². The number of amides is 3. The number of carbonyl (C=O) groups excluding carboxylic acids is 2. The number of allylic oxidation sites excluding steroid dienone is 1. The van der Waals surface area contributed by atoms with Crippen molar-refractivity contribution >= 4 is 28.9 Å². The minimum atomic E-state index is -0.619. The van der Waals surface area contributed by atoms with Crippen LogP contribution in [0.15, 0.2) is 73.3 Å². The molecule has 38 heavy (non-hydrogen) atoms. The van der Waals surface area contributed by atoms with Crippen LogP contribution in [0, 0.1) is 6.92 Å². The van der Waals surface area contributed by atoms with E-state index in [9.17, 15) is 9.59 Å². The lowest BCUT2D eigenvalue weighted by molar-refractivity contribution is -0.121. The van der Waals surface area contributed by atoms with Gasteiger partial charge in [-0.25, -0.2) is 4.79 Å². The van der Waals surface area contributed by atoms with Crippen LogP contribution in [0.25, 0.3) is 5.57 Å². The van der Waals surface area contributed by atoms with Crippen molar-refractivity contribution in [1.82, 2.24) is 5.32 Å². The molecular weight excluding hydrogens is 478 g/mol. The first kappa shape index (κ1) is 26.8. The molecule has 0 atom stereocenters. The van der Waals surface area contributed by atoms with Crippen molar-refractivity contribution < 1.29 is 19.1 Å². The summed E-state index contributed by atoms with van der Waals surface area (Å²) in [4.78, 5) is 27.3. The summed E-state index contributed by atoms with van der Waals surface area (Å²) in [6.07, 6.45) is 0.648. The Labute approximate surface area is 224 Å². The van der Waals surface area contributed by atoms with Gasteiger partial charge >= 0.3 is 6.03 Å². The summed E-state index contributed by atoms with van der Waals surface area (Å²) in [5.41, 5.74) is 4.66. The third kappa shape index (κ3) is 6.54. The summed E-state index contributed by atoms with van der Waals surface area (Å²) in [6, 6.07) is 20.8. The number of hydrogen-bond acceptors (Lipinski definition) is 4. The van der Waals surface area contributed by atoms with E-state index in [1.165, 1.54) is 0 Å². The molecule has 0 bridgehead atoms. The molecular formula is C31H35N3O4. The highest BCUT2D eigenvalue weighted by molar-refractivity contribution is 5.99. The number of urea groups is 1. The Balaban J connectivity index is 1.40. The van der Waals surface area contributed by atoms with Crippen LogP contribution in [0.1, 0.15) is 43.9 Å². The van der Waals surface area contributed by atoms with Crippen LogP contribution in [0.4, 0.5) is 16.2 Å². The van der Waals surface area contributed by atoms with Crippen molar-refractivity contribution in [2.75, 3.05) is 30.0 Å². The highest BCUT2D eigenvalue weighted by atomic mass is 16.5. The first-order valence-corrected chi connectivity index (χ1v) is 12.7. The third-order valence-corrected chi connectivity index (χ3v) is 6.45. The van der Waals surface area contributed by atoms with Gasteiger partial charge in [-0.1, -0.05) is 42.5 Å². The maximum absolute atomic E-state index is 12.9. The van der Waals surface area contributed by atoms with E-state index in [4.69, 9.17) is 9.47 Å². The molecule has 3 amide bonds. The third-order valence-electron chi connectivity index (χ3n) is 6.45. The van der Waals surface area contributed by atoms with Gasteiger partial charge in [0.2, 0.25) is 0 Å². The lowest BCUT2D eigenvalue weighted by atomic mass is 9.92. The number of ether oxygens (including phenoxy) is 2. The van der Waals surface area contributed by atoms with Crippen molar-refractivity contribution in [3.8, 4) is 11.5 Å². The Kier molecular flexibility index (Phi) is 8.05. The van der Waals surface area contributed by atoms with Crippen LogP contribution in [-0.4, -0.2) is 31.7 Å². The van der Waals surface area contributed by atoms with Crippen molar-refractivity contribution in [3.63, 3.8) is 0 Å². The Morgan fingerprint density at radius 1 is 1.11 bits per heavy atom. The average Bonchev–Trinajstić information content (AvgIpc) is 2.87. The molecule has 3 aromatic carbocycles. The van der Waals surface area contributed by atoms with E-state index in [1.807, 2.05) is 76.2 Å². The number of hydrogen-bond donors (Lipinski definition) is 2. The molecule has 2 N–H and O–H groups in total. The minimum Gasteiger partial charge on any atom is -0.494 e. The molecule has 0 spiro atoms. The summed E-state index contributed by atoms with van der Waals surface area (Å²) >= 11 is 0. The molecule has 7 nitrogen and oxygen atoms in total. The standard InChI is InChI=1S/C31H35N3O4/c1-21(2)23-10-7-11-24(18-23)31(4,5)33-30(36)32-25-13-14-28-27(19-25)34(29(35)20-38-28)15-8-16-37-26-12-6-9-22(3)17-26/h6-7,9-14,17-19H,1,8,15-16,20H2,2-5H3,(H2,32,33,36).